The zero-order valence-corrected chi connectivity index (χ0v) is 12.6. The molecule has 0 unspecified atom stereocenters. The van der Waals surface area contributed by atoms with E-state index in [1.54, 1.807) is 25.1 Å². The Kier molecular flexibility index (Phi) is 5.27. The van der Waals surface area contributed by atoms with Crippen LogP contribution >= 0.6 is 0 Å². The maximum atomic E-state index is 12.0. The molecule has 0 aromatic heterocycles. The molecule has 120 valence electrons. The van der Waals surface area contributed by atoms with Crippen LogP contribution < -0.4 is 10.6 Å². The zero-order chi connectivity index (χ0) is 16.8. The number of non-ortho nitro benzene ring substituents is 1. The van der Waals surface area contributed by atoms with Crippen molar-refractivity contribution in [2.75, 3.05) is 17.2 Å². The van der Waals surface area contributed by atoms with Crippen LogP contribution in [0.3, 0.4) is 0 Å². The van der Waals surface area contributed by atoms with Gasteiger partial charge in [-0.15, -0.1) is 0 Å². The van der Waals surface area contributed by atoms with Gasteiger partial charge in [-0.2, -0.15) is 0 Å². The lowest BCUT2D eigenvalue weighted by Crippen LogP contribution is -2.20. The summed E-state index contributed by atoms with van der Waals surface area (Å²) < 4.78 is 0. The lowest BCUT2D eigenvalue weighted by atomic mass is 10.1. The van der Waals surface area contributed by atoms with Gasteiger partial charge in [0.25, 0.3) is 5.69 Å². The topological polar surface area (TPSA) is 105 Å². The first-order valence-electron chi connectivity index (χ1n) is 7.02. The Morgan fingerprint density at radius 2 is 1.87 bits per heavy atom. The van der Waals surface area contributed by atoms with Crippen LogP contribution in [0.2, 0.25) is 0 Å². The molecule has 7 heteroatoms. The fourth-order valence-electron chi connectivity index (χ4n) is 2.03. The van der Waals surface area contributed by atoms with Crippen molar-refractivity contribution in [3.8, 4) is 0 Å². The molecule has 0 saturated carbocycles. The van der Waals surface area contributed by atoms with E-state index in [1.807, 2.05) is 12.1 Å². The fourth-order valence-corrected chi connectivity index (χ4v) is 2.03. The van der Waals surface area contributed by atoms with Crippen molar-refractivity contribution >= 4 is 23.1 Å². The number of benzene rings is 2. The molecule has 0 radical (unpaired) electrons. The van der Waals surface area contributed by atoms with Crippen molar-refractivity contribution in [1.82, 2.24) is 0 Å². The number of hydrogen-bond acceptors (Lipinski definition) is 4. The number of aliphatic hydroxyl groups excluding tert-OH is 1. The van der Waals surface area contributed by atoms with Crippen LogP contribution in [0.1, 0.15) is 11.1 Å². The van der Waals surface area contributed by atoms with Gasteiger partial charge in [-0.25, -0.2) is 4.79 Å². The molecule has 2 aromatic rings. The molecule has 7 nitrogen and oxygen atoms in total. The molecule has 0 aliphatic carbocycles. The lowest BCUT2D eigenvalue weighted by Gasteiger charge is -2.10. The molecular formula is C16H17N3O4. The summed E-state index contributed by atoms with van der Waals surface area (Å²) in [6, 6.07) is 10.9. The Balaban J connectivity index is 2.04. The molecule has 23 heavy (non-hydrogen) atoms. The maximum absolute atomic E-state index is 12.0. The Hall–Kier alpha value is -2.93. The predicted molar refractivity (Wildman–Crippen MR) is 87.7 cm³/mol. The average molecular weight is 315 g/mol. The number of anilines is 2. The summed E-state index contributed by atoms with van der Waals surface area (Å²) in [6.45, 7) is 1.82. The summed E-state index contributed by atoms with van der Waals surface area (Å²) in [5.41, 5.74) is 2.58. The Morgan fingerprint density at radius 1 is 1.17 bits per heavy atom. The van der Waals surface area contributed by atoms with Crippen LogP contribution in [-0.2, 0) is 6.42 Å². The third-order valence-corrected chi connectivity index (χ3v) is 3.29. The number of urea groups is 1. The van der Waals surface area contributed by atoms with Crippen molar-refractivity contribution in [3.05, 3.63) is 63.7 Å². The molecule has 0 heterocycles. The van der Waals surface area contributed by atoms with Gasteiger partial charge in [0.15, 0.2) is 0 Å². The summed E-state index contributed by atoms with van der Waals surface area (Å²) in [5, 5.41) is 24.9. The van der Waals surface area contributed by atoms with Gasteiger partial charge in [-0.05, 0) is 36.6 Å². The summed E-state index contributed by atoms with van der Waals surface area (Å²) in [7, 11) is 0. The lowest BCUT2D eigenvalue weighted by molar-refractivity contribution is -0.384. The van der Waals surface area contributed by atoms with Crippen LogP contribution in [-0.4, -0.2) is 22.7 Å². The minimum atomic E-state index is -0.511. The smallest absolute Gasteiger partial charge is 0.323 e. The zero-order valence-electron chi connectivity index (χ0n) is 12.6. The number of nitro groups is 1. The predicted octanol–water partition coefficient (Wildman–Crippen LogP) is 3.08. The monoisotopic (exact) mass is 315 g/mol. The second kappa shape index (κ2) is 7.37. The molecule has 0 saturated heterocycles. The van der Waals surface area contributed by atoms with Gasteiger partial charge in [0.05, 0.1) is 10.6 Å². The summed E-state index contributed by atoms with van der Waals surface area (Å²) in [4.78, 5) is 22.3. The van der Waals surface area contributed by atoms with Crippen molar-refractivity contribution < 1.29 is 14.8 Å². The summed E-state index contributed by atoms with van der Waals surface area (Å²) >= 11 is 0. The molecule has 2 amide bonds. The number of hydrogen-bond donors (Lipinski definition) is 3. The third kappa shape index (κ3) is 4.52. The molecule has 0 fully saturated rings. The van der Waals surface area contributed by atoms with E-state index in [0.717, 1.165) is 11.1 Å². The molecule has 0 aliphatic heterocycles. The highest BCUT2D eigenvalue weighted by Gasteiger charge is 2.11. The third-order valence-electron chi connectivity index (χ3n) is 3.29. The number of carbonyl (C=O) groups is 1. The van der Waals surface area contributed by atoms with Crippen LogP contribution in [0.15, 0.2) is 42.5 Å². The van der Waals surface area contributed by atoms with Crippen molar-refractivity contribution in [3.63, 3.8) is 0 Å². The van der Waals surface area contributed by atoms with E-state index in [-0.39, 0.29) is 12.3 Å². The molecule has 2 aromatic carbocycles. The van der Waals surface area contributed by atoms with Crippen LogP contribution in [0, 0.1) is 17.0 Å². The minimum Gasteiger partial charge on any atom is -0.396 e. The summed E-state index contributed by atoms with van der Waals surface area (Å²) in [5.74, 6) is 0. The first-order chi connectivity index (χ1) is 11.0. The van der Waals surface area contributed by atoms with Crippen molar-refractivity contribution in [2.24, 2.45) is 0 Å². The highest BCUT2D eigenvalue weighted by molar-refractivity contribution is 6.00. The van der Waals surface area contributed by atoms with Gasteiger partial charge in [0, 0.05) is 24.4 Å². The first-order valence-corrected chi connectivity index (χ1v) is 7.02. The fraction of sp³-hybridized carbons (Fsp3) is 0.188. The number of nitrogens with zero attached hydrogens (tertiary/aromatic N) is 1. The van der Waals surface area contributed by atoms with E-state index in [1.165, 1.54) is 12.1 Å². The number of nitro benzene ring substituents is 1. The second-order valence-corrected chi connectivity index (χ2v) is 5.01. The van der Waals surface area contributed by atoms with Gasteiger partial charge < -0.3 is 15.7 Å². The standard InChI is InChI=1S/C16H17N3O4/c1-11-2-7-14(19(22)23)10-15(11)18-16(21)17-13-5-3-12(4-6-13)8-9-20/h2-7,10,20H,8-9H2,1H3,(H2,17,18,21). The molecule has 0 atom stereocenters. The van der Waals surface area contributed by atoms with Crippen LogP contribution in [0.4, 0.5) is 21.9 Å². The van der Waals surface area contributed by atoms with Gasteiger partial charge >= 0.3 is 6.03 Å². The number of carbonyl (C=O) groups excluding carboxylic acids is 1. The number of nitrogens with one attached hydrogen (secondary N) is 2. The SMILES string of the molecule is Cc1ccc([N+](=O)[O-])cc1NC(=O)Nc1ccc(CCO)cc1. The highest BCUT2D eigenvalue weighted by atomic mass is 16.6. The second-order valence-electron chi connectivity index (χ2n) is 5.01. The van der Waals surface area contributed by atoms with Crippen LogP contribution in [0.5, 0.6) is 0 Å². The van der Waals surface area contributed by atoms with E-state index in [9.17, 15) is 14.9 Å². The van der Waals surface area contributed by atoms with Gasteiger partial charge in [0.1, 0.15) is 0 Å². The van der Waals surface area contributed by atoms with Crippen LogP contribution in [0.25, 0.3) is 0 Å². The highest BCUT2D eigenvalue weighted by Crippen LogP contribution is 2.22. The Labute approximate surface area is 133 Å². The molecular weight excluding hydrogens is 298 g/mol. The number of aliphatic hydroxyl groups is 1. The van der Waals surface area contributed by atoms with E-state index in [0.29, 0.717) is 17.8 Å². The molecule has 3 N–H and O–H groups in total. The maximum Gasteiger partial charge on any atom is 0.323 e. The number of amides is 2. The van der Waals surface area contributed by atoms with E-state index >= 15 is 0 Å². The molecule has 0 spiro atoms. The quantitative estimate of drug-likeness (QED) is 0.582. The van der Waals surface area contributed by atoms with Gasteiger partial charge in [-0.3, -0.25) is 10.1 Å². The average Bonchev–Trinajstić information content (AvgIpc) is 2.51. The minimum absolute atomic E-state index is 0.0688. The Bertz CT molecular complexity index is 714. The molecule has 0 bridgehead atoms. The number of aryl methyl sites for hydroxylation is 1. The van der Waals surface area contributed by atoms with Crippen molar-refractivity contribution in [2.45, 2.75) is 13.3 Å². The molecule has 2 rings (SSSR count). The van der Waals surface area contributed by atoms with Crippen molar-refractivity contribution in [1.29, 1.82) is 0 Å². The van der Waals surface area contributed by atoms with Gasteiger partial charge in [-0.1, -0.05) is 18.2 Å². The first kappa shape index (κ1) is 16.4. The van der Waals surface area contributed by atoms with E-state index < -0.39 is 11.0 Å². The number of rotatable bonds is 5. The van der Waals surface area contributed by atoms with E-state index in [2.05, 4.69) is 10.6 Å². The largest absolute Gasteiger partial charge is 0.396 e. The van der Waals surface area contributed by atoms with Gasteiger partial charge in [0.2, 0.25) is 0 Å². The molecule has 0 aliphatic rings. The van der Waals surface area contributed by atoms with E-state index in [4.69, 9.17) is 5.11 Å². The normalized spacial score (nSPS) is 10.2. The Morgan fingerprint density at radius 3 is 2.48 bits per heavy atom. The summed E-state index contributed by atoms with van der Waals surface area (Å²) in [6.07, 6.45) is 0.555.